The number of hydrogen-bond donors (Lipinski definition) is 2. The number of nitrogens with one attached hydrogen (secondary N) is 2. The second-order valence-electron chi connectivity index (χ2n) is 4.48. The number of aromatic nitrogens is 3. The summed E-state index contributed by atoms with van der Waals surface area (Å²) in [5.74, 6) is 0. The van der Waals surface area contributed by atoms with Crippen LogP contribution in [-0.2, 0) is 13.6 Å². The minimum atomic E-state index is 0.752. The number of nitrogens with zero attached hydrogens (tertiary/aromatic N) is 3. The molecule has 0 aliphatic carbocycles. The predicted molar refractivity (Wildman–Crippen MR) is 76.7 cm³/mol. The van der Waals surface area contributed by atoms with Crippen LogP contribution in [0.1, 0.15) is 12.1 Å². The summed E-state index contributed by atoms with van der Waals surface area (Å²) in [6.45, 7) is 2.76. The maximum atomic E-state index is 4.45. The zero-order chi connectivity index (χ0) is 13.5. The van der Waals surface area contributed by atoms with Crippen molar-refractivity contribution in [1.82, 2.24) is 25.6 Å². The fourth-order valence-electron chi connectivity index (χ4n) is 1.98. The Hall–Kier alpha value is -1.72. The average Bonchev–Trinajstić information content (AvgIpc) is 2.81. The van der Waals surface area contributed by atoms with Gasteiger partial charge in [-0.3, -0.25) is 0 Å². The van der Waals surface area contributed by atoms with Crippen LogP contribution in [0.5, 0.6) is 0 Å². The van der Waals surface area contributed by atoms with Gasteiger partial charge >= 0.3 is 0 Å². The highest BCUT2D eigenvalue weighted by molar-refractivity contribution is 5.60. The molecule has 0 amide bonds. The van der Waals surface area contributed by atoms with Crippen molar-refractivity contribution < 1.29 is 0 Å². The largest absolute Gasteiger partial charge is 0.320 e. The smallest absolute Gasteiger partial charge is 0.117 e. The zero-order valence-corrected chi connectivity index (χ0v) is 11.6. The number of benzene rings is 1. The first kappa shape index (κ1) is 13.7. The molecular formula is C14H21N5. The third kappa shape index (κ3) is 3.87. The normalized spacial score (nSPS) is 10.8. The van der Waals surface area contributed by atoms with Gasteiger partial charge in [0.1, 0.15) is 11.4 Å². The van der Waals surface area contributed by atoms with E-state index in [1.807, 2.05) is 32.3 Å². The van der Waals surface area contributed by atoms with Crippen LogP contribution in [0.25, 0.3) is 11.3 Å². The van der Waals surface area contributed by atoms with Gasteiger partial charge in [-0.25, -0.2) is 0 Å². The van der Waals surface area contributed by atoms with E-state index in [0.29, 0.717) is 0 Å². The maximum absolute atomic E-state index is 4.45. The van der Waals surface area contributed by atoms with Gasteiger partial charge < -0.3 is 10.6 Å². The van der Waals surface area contributed by atoms with Gasteiger partial charge in [-0.15, -0.1) is 0 Å². The number of rotatable bonds is 7. The Morgan fingerprint density at radius 3 is 2.63 bits per heavy atom. The molecule has 2 N–H and O–H groups in total. The highest BCUT2D eigenvalue weighted by atomic mass is 15.5. The van der Waals surface area contributed by atoms with E-state index >= 15 is 0 Å². The van der Waals surface area contributed by atoms with E-state index in [2.05, 4.69) is 33.0 Å². The minimum absolute atomic E-state index is 0.752. The van der Waals surface area contributed by atoms with Crippen LogP contribution in [0.2, 0.25) is 0 Å². The van der Waals surface area contributed by atoms with Gasteiger partial charge in [-0.1, -0.05) is 30.3 Å². The third-order valence-corrected chi connectivity index (χ3v) is 2.90. The quantitative estimate of drug-likeness (QED) is 0.733. The molecule has 1 aromatic carbocycles. The molecule has 2 rings (SSSR count). The second-order valence-corrected chi connectivity index (χ2v) is 4.48. The molecule has 0 bridgehead atoms. The van der Waals surface area contributed by atoms with E-state index in [1.165, 1.54) is 0 Å². The van der Waals surface area contributed by atoms with Crippen molar-refractivity contribution in [2.45, 2.75) is 13.0 Å². The summed E-state index contributed by atoms with van der Waals surface area (Å²) < 4.78 is 0. The monoisotopic (exact) mass is 259 g/mol. The van der Waals surface area contributed by atoms with Crippen LogP contribution in [0.15, 0.2) is 30.3 Å². The van der Waals surface area contributed by atoms with Crippen LogP contribution in [-0.4, -0.2) is 35.1 Å². The minimum Gasteiger partial charge on any atom is -0.320 e. The predicted octanol–water partition coefficient (Wildman–Crippen LogP) is 1.18. The van der Waals surface area contributed by atoms with Crippen molar-refractivity contribution in [3.8, 4) is 11.3 Å². The molecule has 0 saturated heterocycles. The van der Waals surface area contributed by atoms with Crippen molar-refractivity contribution >= 4 is 0 Å². The van der Waals surface area contributed by atoms with Crippen LogP contribution in [0.4, 0.5) is 0 Å². The molecule has 0 aliphatic heterocycles. The van der Waals surface area contributed by atoms with Crippen molar-refractivity contribution in [3.63, 3.8) is 0 Å². The fourth-order valence-corrected chi connectivity index (χ4v) is 1.98. The van der Waals surface area contributed by atoms with E-state index in [-0.39, 0.29) is 0 Å². The molecule has 0 saturated carbocycles. The van der Waals surface area contributed by atoms with Crippen molar-refractivity contribution in [1.29, 1.82) is 0 Å². The summed E-state index contributed by atoms with van der Waals surface area (Å²) >= 11 is 0. The van der Waals surface area contributed by atoms with E-state index in [9.17, 15) is 0 Å². The zero-order valence-electron chi connectivity index (χ0n) is 11.6. The Bertz CT molecular complexity index is 492. The fraction of sp³-hybridized carbons (Fsp3) is 0.429. The summed E-state index contributed by atoms with van der Waals surface area (Å²) in [5, 5.41) is 15.4. The molecule has 0 unspecified atom stereocenters. The standard InChI is InChI=1S/C14H21N5/c1-15-9-6-10-16-11-13-14(18-19(2)17-13)12-7-4-3-5-8-12/h3-5,7-8,15-16H,6,9-11H2,1-2H3. The summed E-state index contributed by atoms with van der Waals surface area (Å²) in [5.41, 5.74) is 3.07. The molecule has 0 radical (unpaired) electrons. The molecule has 5 heteroatoms. The lowest BCUT2D eigenvalue weighted by atomic mass is 10.1. The Balaban J connectivity index is 2.01. The van der Waals surface area contributed by atoms with E-state index in [0.717, 1.165) is 43.0 Å². The molecule has 0 fully saturated rings. The number of aryl methyl sites for hydroxylation is 1. The molecule has 1 aromatic heterocycles. The first-order chi connectivity index (χ1) is 9.31. The van der Waals surface area contributed by atoms with E-state index in [4.69, 9.17) is 0 Å². The summed E-state index contributed by atoms with van der Waals surface area (Å²) in [6, 6.07) is 10.2. The van der Waals surface area contributed by atoms with Crippen LogP contribution >= 0.6 is 0 Å². The van der Waals surface area contributed by atoms with Gasteiger partial charge in [-0.2, -0.15) is 15.0 Å². The van der Waals surface area contributed by atoms with Gasteiger partial charge in [0.25, 0.3) is 0 Å². The molecule has 1 heterocycles. The van der Waals surface area contributed by atoms with Crippen LogP contribution in [0, 0.1) is 0 Å². The van der Waals surface area contributed by atoms with Crippen molar-refractivity contribution in [2.24, 2.45) is 7.05 Å². The van der Waals surface area contributed by atoms with E-state index < -0.39 is 0 Å². The average molecular weight is 259 g/mol. The van der Waals surface area contributed by atoms with Crippen molar-refractivity contribution in [3.05, 3.63) is 36.0 Å². The Kier molecular flexibility index (Phi) is 5.06. The first-order valence-corrected chi connectivity index (χ1v) is 6.62. The Morgan fingerprint density at radius 2 is 1.89 bits per heavy atom. The summed E-state index contributed by atoms with van der Waals surface area (Å²) in [6.07, 6.45) is 1.11. The van der Waals surface area contributed by atoms with E-state index in [1.54, 1.807) is 4.80 Å². The topological polar surface area (TPSA) is 54.8 Å². The summed E-state index contributed by atoms with van der Waals surface area (Å²) in [7, 11) is 3.83. The second kappa shape index (κ2) is 7.01. The van der Waals surface area contributed by atoms with Crippen LogP contribution in [0.3, 0.4) is 0 Å². The molecule has 5 nitrogen and oxygen atoms in total. The molecule has 2 aromatic rings. The molecule has 0 spiro atoms. The highest BCUT2D eigenvalue weighted by Crippen LogP contribution is 2.19. The maximum Gasteiger partial charge on any atom is 0.117 e. The number of hydrogen-bond acceptors (Lipinski definition) is 4. The van der Waals surface area contributed by atoms with Gasteiger partial charge in [0, 0.05) is 19.2 Å². The molecule has 102 valence electrons. The van der Waals surface area contributed by atoms with Gasteiger partial charge in [0.2, 0.25) is 0 Å². The first-order valence-electron chi connectivity index (χ1n) is 6.62. The lowest BCUT2D eigenvalue weighted by Gasteiger charge is -2.04. The molecule has 19 heavy (non-hydrogen) atoms. The van der Waals surface area contributed by atoms with Gasteiger partial charge in [0.15, 0.2) is 0 Å². The molecular weight excluding hydrogens is 238 g/mol. The highest BCUT2D eigenvalue weighted by Gasteiger charge is 2.10. The van der Waals surface area contributed by atoms with Gasteiger partial charge in [0.05, 0.1) is 0 Å². The van der Waals surface area contributed by atoms with Crippen LogP contribution < -0.4 is 10.6 Å². The SMILES string of the molecule is CNCCCNCc1nn(C)nc1-c1ccccc1. The van der Waals surface area contributed by atoms with Crippen molar-refractivity contribution in [2.75, 3.05) is 20.1 Å². The van der Waals surface area contributed by atoms with Gasteiger partial charge in [-0.05, 0) is 26.6 Å². The lowest BCUT2D eigenvalue weighted by Crippen LogP contribution is -2.20. The molecule has 0 atom stereocenters. The molecule has 0 aliphatic rings. The summed E-state index contributed by atoms with van der Waals surface area (Å²) in [4.78, 5) is 1.63. The third-order valence-electron chi connectivity index (χ3n) is 2.90. The Labute approximate surface area is 114 Å². The Morgan fingerprint density at radius 1 is 1.11 bits per heavy atom. The lowest BCUT2D eigenvalue weighted by molar-refractivity contribution is 0.601.